The van der Waals surface area contributed by atoms with Crippen LogP contribution in [0.5, 0.6) is 0 Å². The fourth-order valence-electron chi connectivity index (χ4n) is 2.81. The summed E-state index contributed by atoms with van der Waals surface area (Å²) in [7, 11) is -4.23. The molecule has 3 rings (SSSR count). The van der Waals surface area contributed by atoms with Crippen molar-refractivity contribution in [3.8, 4) is 0 Å². The fraction of sp³-hybridized carbons (Fsp3) is 0.278. The van der Waals surface area contributed by atoms with Crippen LogP contribution in [0.15, 0.2) is 46.7 Å². The second-order valence-corrected chi connectivity index (χ2v) is 9.51. The summed E-state index contributed by atoms with van der Waals surface area (Å²) in [5, 5.41) is 1.60. The molecular weight excluding hydrogens is 449 g/mol. The van der Waals surface area contributed by atoms with Gasteiger partial charge in [0.1, 0.15) is 4.90 Å². The molecule has 0 saturated carbocycles. The van der Waals surface area contributed by atoms with Crippen molar-refractivity contribution >= 4 is 44.9 Å². The number of amides is 1. The van der Waals surface area contributed by atoms with Crippen LogP contribution in [0.25, 0.3) is 6.08 Å². The largest absolute Gasteiger partial charge is 0.416 e. The molecule has 29 heavy (non-hydrogen) atoms. The van der Waals surface area contributed by atoms with Crippen molar-refractivity contribution < 1.29 is 26.4 Å². The van der Waals surface area contributed by atoms with E-state index < -0.39 is 26.7 Å². The van der Waals surface area contributed by atoms with E-state index in [4.69, 9.17) is 11.6 Å². The Kier molecular flexibility index (Phi) is 6.37. The third-order valence-corrected chi connectivity index (χ3v) is 7.58. The average Bonchev–Trinajstić information content (AvgIpc) is 3.19. The Morgan fingerprint density at radius 1 is 1.14 bits per heavy atom. The average molecular weight is 465 g/mol. The number of carbonyl (C=O) groups is 1. The van der Waals surface area contributed by atoms with Gasteiger partial charge in [-0.1, -0.05) is 17.7 Å². The first-order valence-electron chi connectivity index (χ1n) is 8.46. The number of carbonyl (C=O) groups excluding carboxylic acids is 1. The first-order valence-corrected chi connectivity index (χ1v) is 11.2. The van der Waals surface area contributed by atoms with Gasteiger partial charge in [0.15, 0.2) is 0 Å². The molecular formula is C18H16ClF3N2O3S2. The fourth-order valence-corrected chi connectivity index (χ4v) is 5.35. The van der Waals surface area contributed by atoms with Crippen LogP contribution in [0, 0.1) is 0 Å². The van der Waals surface area contributed by atoms with Crippen LogP contribution < -0.4 is 0 Å². The lowest BCUT2D eigenvalue weighted by Crippen LogP contribution is -2.50. The number of sulfonamides is 1. The SMILES string of the molecule is O=C(/C=C/c1cccs1)N1CCN(S(=O)(=O)c2cc(C(F)(F)F)ccc2Cl)CC1. The summed E-state index contributed by atoms with van der Waals surface area (Å²) in [6, 6.07) is 5.92. The number of benzene rings is 1. The number of alkyl halides is 3. The number of rotatable bonds is 4. The van der Waals surface area contributed by atoms with Gasteiger partial charge in [-0.3, -0.25) is 4.79 Å². The van der Waals surface area contributed by atoms with Gasteiger partial charge in [-0.2, -0.15) is 17.5 Å². The Bertz CT molecular complexity index is 1010. The monoisotopic (exact) mass is 464 g/mol. The van der Waals surface area contributed by atoms with Gasteiger partial charge in [-0.05, 0) is 35.7 Å². The van der Waals surface area contributed by atoms with Crippen LogP contribution in [0.4, 0.5) is 13.2 Å². The Labute approximate surface area is 175 Å². The lowest BCUT2D eigenvalue weighted by Gasteiger charge is -2.33. The van der Waals surface area contributed by atoms with E-state index in [1.165, 1.54) is 22.3 Å². The van der Waals surface area contributed by atoms with E-state index in [0.717, 1.165) is 21.3 Å². The van der Waals surface area contributed by atoms with Gasteiger partial charge in [0.05, 0.1) is 10.6 Å². The predicted molar refractivity (Wildman–Crippen MR) is 105 cm³/mol. The molecule has 0 aliphatic carbocycles. The van der Waals surface area contributed by atoms with Crippen molar-refractivity contribution in [3.05, 3.63) is 57.3 Å². The van der Waals surface area contributed by atoms with E-state index in [1.807, 2.05) is 17.5 Å². The van der Waals surface area contributed by atoms with Crippen molar-refractivity contribution in [2.75, 3.05) is 26.2 Å². The smallest absolute Gasteiger partial charge is 0.337 e. The molecule has 1 fully saturated rings. The van der Waals surface area contributed by atoms with Crippen LogP contribution in [-0.4, -0.2) is 49.7 Å². The highest BCUT2D eigenvalue weighted by Crippen LogP contribution is 2.34. The topological polar surface area (TPSA) is 57.7 Å². The highest BCUT2D eigenvalue weighted by Gasteiger charge is 2.35. The molecule has 0 radical (unpaired) electrons. The molecule has 1 aliphatic rings. The molecule has 2 heterocycles. The van der Waals surface area contributed by atoms with Gasteiger partial charge in [0.2, 0.25) is 15.9 Å². The maximum Gasteiger partial charge on any atom is 0.416 e. The molecule has 1 aromatic heterocycles. The molecule has 156 valence electrons. The van der Waals surface area contributed by atoms with Crippen LogP contribution in [-0.2, 0) is 21.0 Å². The van der Waals surface area contributed by atoms with Gasteiger partial charge < -0.3 is 4.90 Å². The number of halogens is 4. The minimum Gasteiger partial charge on any atom is -0.337 e. The molecule has 0 bridgehead atoms. The number of thiophene rings is 1. The van der Waals surface area contributed by atoms with Crippen LogP contribution >= 0.6 is 22.9 Å². The summed E-state index contributed by atoms with van der Waals surface area (Å²) in [6.07, 6.45) is -1.59. The molecule has 5 nitrogen and oxygen atoms in total. The zero-order chi connectivity index (χ0) is 21.2. The summed E-state index contributed by atoms with van der Waals surface area (Å²) in [5.41, 5.74) is -1.09. The van der Waals surface area contributed by atoms with Crippen molar-refractivity contribution in [3.63, 3.8) is 0 Å². The highest BCUT2D eigenvalue weighted by molar-refractivity contribution is 7.89. The van der Waals surface area contributed by atoms with Crippen LogP contribution in [0.1, 0.15) is 10.4 Å². The van der Waals surface area contributed by atoms with Gasteiger partial charge in [-0.15, -0.1) is 11.3 Å². The summed E-state index contributed by atoms with van der Waals surface area (Å²) in [5.74, 6) is -0.257. The van der Waals surface area contributed by atoms with E-state index in [2.05, 4.69) is 0 Å². The summed E-state index contributed by atoms with van der Waals surface area (Å²) in [4.78, 5) is 14.1. The standard InChI is InChI=1S/C18H16ClF3N2O3S2/c19-15-5-3-13(18(20,21)22)12-16(15)29(26,27)24-9-7-23(8-10-24)17(25)6-4-14-2-1-11-28-14/h1-6,11-12H,7-10H2/b6-4+. The van der Waals surface area contributed by atoms with E-state index in [-0.39, 0.29) is 37.1 Å². The van der Waals surface area contributed by atoms with E-state index in [9.17, 15) is 26.4 Å². The normalized spacial score (nSPS) is 16.5. The Morgan fingerprint density at radius 2 is 1.83 bits per heavy atom. The van der Waals surface area contributed by atoms with Crippen molar-refractivity contribution in [1.29, 1.82) is 0 Å². The van der Waals surface area contributed by atoms with Gasteiger partial charge in [0, 0.05) is 37.1 Å². The maximum atomic E-state index is 12.9. The highest BCUT2D eigenvalue weighted by atomic mass is 35.5. The van der Waals surface area contributed by atoms with Crippen LogP contribution in [0.2, 0.25) is 5.02 Å². The minimum atomic E-state index is -4.69. The third kappa shape index (κ3) is 5.00. The predicted octanol–water partition coefficient (Wildman–Crippen LogP) is 3.97. The molecule has 0 spiro atoms. The second kappa shape index (κ2) is 8.47. The molecule has 2 aromatic rings. The number of piperazine rings is 1. The quantitative estimate of drug-likeness (QED) is 0.643. The number of hydrogen-bond acceptors (Lipinski definition) is 4. The first-order chi connectivity index (χ1) is 13.6. The zero-order valence-electron chi connectivity index (χ0n) is 14.9. The molecule has 1 saturated heterocycles. The molecule has 1 amide bonds. The second-order valence-electron chi connectivity index (χ2n) is 6.22. The first kappa shape index (κ1) is 21.8. The lowest BCUT2D eigenvalue weighted by molar-refractivity contribution is -0.137. The summed E-state index contributed by atoms with van der Waals surface area (Å²) >= 11 is 7.35. The Hall–Kier alpha value is -1.88. The molecule has 11 heteroatoms. The molecule has 0 N–H and O–H groups in total. The summed E-state index contributed by atoms with van der Waals surface area (Å²) in [6.45, 7) is 0.188. The Morgan fingerprint density at radius 3 is 2.41 bits per heavy atom. The molecule has 1 aromatic carbocycles. The van der Waals surface area contributed by atoms with Crippen molar-refractivity contribution in [1.82, 2.24) is 9.21 Å². The number of hydrogen-bond donors (Lipinski definition) is 0. The lowest BCUT2D eigenvalue weighted by atomic mass is 10.2. The zero-order valence-corrected chi connectivity index (χ0v) is 17.3. The van der Waals surface area contributed by atoms with Crippen molar-refractivity contribution in [2.24, 2.45) is 0 Å². The third-order valence-electron chi connectivity index (χ3n) is 4.36. The van der Waals surface area contributed by atoms with E-state index >= 15 is 0 Å². The van der Waals surface area contributed by atoms with Gasteiger partial charge >= 0.3 is 6.18 Å². The van der Waals surface area contributed by atoms with Gasteiger partial charge in [-0.25, -0.2) is 8.42 Å². The van der Waals surface area contributed by atoms with Gasteiger partial charge in [0.25, 0.3) is 0 Å². The van der Waals surface area contributed by atoms with Crippen LogP contribution in [0.3, 0.4) is 0 Å². The van der Waals surface area contributed by atoms with Crippen molar-refractivity contribution in [2.45, 2.75) is 11.1 Å². The molecule has 0 unspecified atom stereocenters. The Balaban J connectivity index is 1.71. The minimum absolute atomic E-state index is 0.0342. The molecule has 0 atom stereocenters. The number of nitrogens with zero attached hydrogens (tertiary/aromatic N) is 2. The maximum absolute atomic E-state index is 12.9. The van der Waals surface area contributed by atoms with E-state index in [1.54, 1.807) is 6.08 Å². The molecule has 1 aliphatic heterocycles. The summed E-state index contributed by atoms with van der Waals surface area (Å²) < 4.78 is 65.5. The van der Waals surface area contributed by atoms with E-state index in [0.29, 0.717) is 6.07 Å².